The zero-order valence-corrected chi connectivity index (χ0v) is 19.3. The number of methoxy groups -OCH3 is 1. The van der Waals surface area contributed by atoms with E-state index in [4.69, 9.17) is 9.72 Å². The van der Waals surface area contributed by atoms with Gasteiger partial charge in [0.1, 0.15) is 0 Å². The first-order valence-electron chi connectivity index (χ1n) is 11.2. The van der Waals surface area contributed by atoms with Crippen molar-refractivity contribution in [3.8, 4) is 0 Å². The number of imidazole rings is 1. The zero-order valence-electron chi connectivity index (χ0n) is 19.3. The Morgan fingerprint density at radius 3 is 2.24 bits per heavy atom. The molecular weight excluding hydrogens is 430 g/mol. The number of benzene rings is 3. The molecule has 0 bridgehead atoms. The fourth-order valence-corrected chi connectivity index (χ4v) is 4.08. The second-order valence-electron chi connectivity index (χ2n) is 8.28. The van der Waals surface area contributed by atoms with Gasteiger partial charge in [0.25, 0.3) is 5.91 Å². The van der Waals surface area contributed by atoms with Crippen LogP contribution in [0, 0.1) is 0 Å². The minimum absolute atomic E-state index is 0.160. The van der Waals surface area contributed by atoms with Crippen LogP contribution in [-0.2, 0) is 16.9 Å². The van der Waals surface area contributed by atoms with Crippen LogP contribution in [0.2, 0.25) is 0 Å². The molecule has 3 N–H and O–H groups in total. The monoisotopic (exact) mass is 459 g/mol. The molecule has 1 heterocycles. The van der Waals surface area contributed by atoms with Crippen molar-refractivity contribution in [3.63, 3.8) is 0 Å². The summed E-state index contributed by atoms with van der Waals surface area (Å²) in [4.78, 5) is 17.5. The van der Waals surface area contributed by atoms with Gasteiger partial charge < -0.3 is 24.8 Å². The lowest BCUT2D eigenvalue weighted by molar-refractivity contribution is 0.0924. The number of nitrogens with one attached hydrogen (secondary N) is 1. The largest absolute Gasteiger partial charge is 0.392 e. The summed E-state index contributed by atoms with van der Waals surface area (Å²) in [6.45, 7) is 2.61. The first-order valence-corrected chi connectivity index (χ1v) is 11.2. The van der Waals surface area contributed by atoms with Gasteiger partial charge in [0, 0.05) is 25.8 Å². The van der Waals surface area contributed by atoms with Crippen LogP contribution >= 0.6 is 0 Å². The molecule has 34 heavy (non-hydrogen) atoms. The first kappa shape index (κ1) is 23.6. The van der Waals surface area contributed by atoms with E-state index in [2.05, 4.69) is 5.32 Å². The molecule has 0 saturated heterocycles. The molecule has 4 rings (SSSR count). The van der Waals surface area contributed by atoms with Gasteiger partial charge in [0.2, 0.25) is 0 Å². The Kier molecular flexibility index (Phi) is 7.07. The highest BCUT2D eigenvalue weighted by Gasteiger charge is 2.39. The van der Waals surface area contributed by atoms with Crippen LogP contribution in [0.1, 0.15) is 34.2 Å². The maximum absolute atomic E-state index is 12.6. The van der Waals surface area contributed by atoms with Crippen LogP contribution in [0.5, 0.6) is 0 Å². The average molecular weight is 460 g/mol. The van der Waals surface area contributed by atoms with Crippen molar-refractivity contribution in [2.75, 3.05) is 20.3 Å². The third kappa shape index (κ3) is 4.59. The highest BCUT2D eigenvalue weighted by molar-refractivity contribution is 5.97. The summed E-state index contributed by atoms with van der Waals surface area (Å²) in [5.74, 6) is 0.156. The van der Waals surface area contributed by atoms with E-state index in [1.165, 1.54) is 0 Å². The number of hydrogen-bond donors (Lipinski definition) is 3. The van der Waals surface area contributed by atoms with Crippen molar-refractivity contribution in [1.29, 1.82) is 0 Å². The molecule has 0 saturated carbocycles. The van der Waals surface area contributed by atoms with Crippen molar-refractivity contribution in [2.24, 2.45) is 0 Å². The molecule has 7 heteroatoms. The minimum Gasteiger partial charge on any atom is -0.392 e. The molecule has 0 unspecified atom stereocenters. The van der Waals surface area contributed by atoms with E-state index in [0.29, 0.717) is 46.7 Å². The fraction of sp³-hybridized carbons (Fsp3) is 0.259. The molecule has 0 aliphatic heterocycles. The van der Waals surface area contributed by atoms with Crippen molar-refractivity contribution in [2.45, 2.75) is 25.2 Å². The number of aliphatic hydroxyl groups excluding tert-OH is 1. The normalized spacial score (nSPS) is 12.6. The van der Waals surface area contributed by atoms with Gasteiger partial charge in [-0.15, -0.1) is 0 Å². The van der Waals surface area contributed by atoms with Crippen LogP contribution < -0.4 is 5.32 Å². The average Bonchev–Trinajstić information content (AvgIpc) is 3.24. The number of fused-ring (bicyclic) bond motifs is 1. The van der Waals surface area contributed by atoms with Crippen LogP contribution in [0.3, 0.4) is 0 Å². The molecule has 0 radical (unpaired) electrons. The predicted molar refractivity (Wildman–Crippen MR) is 131 cm³/mol. The van der Waals surface area contributed by atoms with Gasteiger partial charge in [-0.25, -0.2) is 4.98 Å². The van der Waals surface area contributed by atoms with E-state index in [9.17, 15) is 15.0 Å². The summed E-state index contributed by atoms with van der Waals surface area (Å²) in [7, 11) is 1.62. The number of ether oxygens (including phenoxy) is 1. The molecule has 0 aliphatic rings. The fourth-order valence-electron chi connectivity index (χ4n) is 4.08. The summed E-state index contributed by atoms with van der Waals surface area (Å²) in [6.07, 6.45) is -0.640. The molecule has 7 nitrogen and oxygen atoms in total. The number of nitrogens with zero attached hydrogens (tertiary/aromatic N) is 2. The smallest absolute Gasteiger partial charge is 0.251 e. The van der Waals surface area contributed by atoms with E-state index in [-0.39, 0.29) is 12.5 Å². The molecule has 1 aromatic heterocycles. The summed E-state index contributed by atoms with van der Waals surface area (Å²) in [6, 6.07) is 24.1. The summed E-state index contributed by atoms with van der Waals surface area (Å²) in [5, 5.41) is 24.5. The van der Waals surface area contributed by atoms with Crippen molar-refractivity contribution in [3.05, 3.63) is 101 Å². The minimum atomic E-state index is -1.52. The third-order valence-electron chi connectivity index (χ3n) is 5.79. The molecule has 1 atom stereocenters. The van der Waals surface area contributed by atoms with Crippen LogP contribution in [0.4, 0.5) is 0 Å². The maximum atomic E-state index is 12.6. The maximum Gasteiger partial charge on any atom is 0.251 e. The Labute approximate surface area is 198 Å². The van der Waals surface area contributed by atoms with E-state index in [0.717, 1.165) is 0 Å². The van der Waals surface area contributed by atoms with Gasteiger partial charge >= 0.3 is 0 Å². The standard InChI is InChI=1S/C27H29N3O4/c1-19(31)18-28-25(32)20-13-14-23-24(17-20)30(15-16-34-2)26(29-23)27(33,21-9-5-3-6-10-21)22-11-7-4-8-12-22/h3-14,17,19,31,33H,15-16,18H2,1-2H3,(H,28,32)/t19-/m1/s1. The third-order valence-corrected chi connectivity index (χ3v) is 5.79. The highest BCUT2D eigenvalue weighted by Crippen LogP contribution is 2.37. The second-order valence-corrected chi connectivity index (χ2v) is 8.28. The van der Waals surface area contributed by atoms with E-state index in [1.807, 2.05) is 65.2 Å². The Bertz CT molecular complexity index is 1210. The topological polar surface area (TPSA) is 96.6 Å². The number of carbonyl (C=O) groups excluding carboxylic acids is 1. The first-order chi connectivity index (χ1) is 16.4. The van der Waals surface area contributed by atoms with Crippen LogP contribution in [0.25, 0.3) is 11.0 Å². The Morgan fingerprint density at radius 1 is 1.06 bits per heavy atom. The van der Waals surface area contributed by atoms with Crippen LogP contribution in [0.15, 0.2) is 78.9 Å². The number of hydrogen-bond acceptors (Lipinski definition) is 5. The summed E-state index contributed by atoms with van der Waals surface area (Å²) < 4.78 is 7.26. The van der Waals surface area contributed by atoms with Gasteiger partial charge in [-0.1, -0.05) is 60.7 Å². The van der Waals surface area contributed by atoms with Gasteiger partial charge in [0.15, 0.2) is 11.4 Å². The van der Waals surface area contributed by atoms with Gasteiger partial charge in [0.05, 0.1) is 23.7 Å². The Hall–Kier alpha value is -3.52. The lowest BCUT2D eigenvalue weighted by Gasteiger charge is -2.29. The van der Waals surface area contributed by atoms with E-state index < -0.39 is 11.7 Å². The highest BCUT2D eigenvalue weighted by atomic mass is 16.5. The molecule has 4 aromatic rings. The number of rotatable bonds is 9. The molecule has 3 aromatic carbocycles. The SMILES string of the molecule is COCCn1c(C(O)(c2ccccc2)c2ccccc2)nc2ccc(C(=O)NC[C@@H](C)O)cc21. The van der Waals surface area contributed by atoms with Gasteiger partial charge in [-0.3, -0.25) is 4.79 Å². The lowest BCUT2D eigenvalue weighted by atomic mass is 9.85. The number of aliphatic hydroxyl groups is 2. The van der Waals surface area contributed by atoms with Crippen molar-refractivity contribution < 1.29 is 19.7 Å². The lowest BCUT2D eigenvalue weighted by Crippen LogP contribution is -2.33. The van der Waals surface area contributed by atoms with Gasteiger partial charge in [-0.2, -0.15) is 0 Å². The Balaban J connectivity index is 1.91. The number of amides is 1. The Morgan fingerprint density at radius 2 is 1.68 bits per heavy atom. The van der Waals surface area contributed by atoms with Crippen LogP contribution in [-0.4, -0.2) is 52.0 Å². The van der Waals surface area contributed by atoms with Gasteiger partial charge in [-0.05, 0) is 36.2 Å². The molecule has 0 spiro atoms. The van der Waals surface area contributed by atoms with E-state index >= 15 is 0 Å². The predicted octanol–water partition coefficient (Wildman–Crippen LogP) is 3.08. The molecule has 176 valence electrons. The summed E-state index contributed by atoms with van der Waals surface area (Å²) in [5.41, 5.74) is 1.66. The molecule has 1 amide bonds. The molecule has 0 aliphatic carbocycles. The van der Waals surface area contributed by atoms with Crippen molar-refractivity contribution >= 4 is 16.9 Å². The second kappa shape index (κ2) is 10.2. The quantitative estimate of drug-likeness (QED) is 0.358. The number of aromatic nitrogens is 2. The molecule has 0 fully saturated rings. The van der Waals surface area contributed by atoms with Crippen molar-refractivity contribution in [1.82, 2.24) is 14.9 Å². The zero-order chi connectivity index (χ0) is 24.1. The summed E-state index contributed by atoms with van der Waals surface area (Å²) >= 11 is 0. The number of carbonyl (C=O) groups is 1. The molecular formula is C27H29N3O4. The van der Waals surface area contributed by atoms with E-state index in [1.54, 1.807) is 32.2 Å².